The first kappa shape index (κ1) is 17.4. The van der Waals surface area contributed by atoms with Crippen LogP contribution in [0.5, 0.6) is 0 Å². The van der Waals surface area contributed by atoms with Gasteiger partial charge in [-0.05, 0) is 47.9 Å². The molecule has 0 spiro atoms. The van der Waals surface area contributed by atoms with Crippen molar-refractivity contribution in [1.29, 1.82) is 0 Å². The van der Waals surface area contributed by atoms with Gasteiger partial charge in [-0.15, -0.1) is 0 Å². The van der Waals surface area contributed by atoms with Crippen LogP contribution in [0, 0.1) is 6.92 Å². The van der Waals surface area contributed by atoms with E-state index in [2.05, 4.69) is 85.8 Å². The fraction of sp³-hybridized carbons (Fsp3) is 0.0345. The van der Waals surface area contributed by atoms with Crippen LogP contribution >= 0.6 is 0 Å². The zero-order valence-corrected chi connectivity index (χ0v) is 17.6. The Labute approximate surface area is 185 Å². The van der Waals surface area contributed by atoms with Crippen molar-refractivity contribution in [2.24, 2.45) is 0 Å². The maximum absolute atomic E-state index is 5.17. The Morgan fingerprint density at radius 2 is 1.31 bits per heavy atom. The van der Waals surface area contributed by atoms with Gasteiger partial charge in [-0.3, -0.25) is 0 Å². The highest BCUT2D eigenvalue weighted by atomic mass is 15.3. The summed E-state index contributed by atoms with van der Waals surface area (Å²) in [7, 11) is 0. The number of hydrogen-bond acceptors (Lipinski definition) is 2. The topological polar surface area (TPSA) is 30.7 Å². The van der Waals surface area contributed by atoms with Crippen molar-refractivity contribution in [2.45, 2.75) is 6.92 Å². The molecule has 150 valence electrons. The molecular weight excluding hydrogens is 390 g/mol. The summed E-state index contributed by atoms with van der Waals surface area (Å²) in [6.07, 6.45) is 0. The second kappa shape index (κ2) is 6.38. The minimum absolute atomic E-state index is 0.893. The summed E-state index contributed by atoms with van der Waals surface area (Å²) in [6.45, 7) is 2.14. The molecule has 0 saturated heterocycles. The number of para-hydroxylation sites is 1. The van der Waals surface area contributed by atoms with Gasteiger partial charge in [-0.25, -0.2) is 9.67 Å². The number of aryl methyl sites for hydroxylation is 1. The molecule has 4 aromatic carbocycles. The minimum atomic E-state index is 0.893. The molecule has 3 nitrogen and oxygen atoms in total. The van der Waals surface area contributed by atoms with Crippen molar-refractivity contribution < 1.29 is 0 Å². The van der Waals surface area contributed by atoms with E-state index < -0.39 is 0 Å². The third-order valence-electron chi connectivity index (χ3n) is 6.43. The molecule has 0 aliphatic heterocycles. The van der Waals surface area contributed by atoms with Crippen molar-refractivity contribution in [1.82, 2.24) is 14.8 Å². The molecule has 0 unspecified atom stereocenters. The monoisotopic (exact) mass is 409 g/mol. The molecule has 0 atom stereocenters. The normalized spacial score (nSPS) is 11.9. The molecule has 2 aromatic heterocycles. The predicted octanol–water partition coefficient (Wildman–Crippen LogP) is 7.20. The zero-order valence-electron chi connectivity index (χ0n) is 17.6. The third-order valence-corrected chi connectivity index (χ3v) is 6.43. The van der Waals surface area contributed by atoms with Gasteiger partial charge in [0, 0.05) is 16.5 Å². The second-order valence-electron chi connectivity index (χ2n) is 8.39. The first-order valence-corrected chi connectivity index (χ1v) is 10.9. The van der Waals surface area contributed by atoms with Gasteiger partial charge in [0.25, 0.3) is 0 Å². The summed E-state index contributed by atoms with van der Waals surface area (Å²) in [6, 6.07) is 34.1. The van der Waals surface area contributed by atoms with Gasteiger partial charge in [0.05, 0.1) is 16.6 Å². The first-order chi connectivity index (χ1) is 15.8. The van der Waals surface area contributed by atoms with Crippen LogP contribution in [0.3, 0.4) is 0 Å². The molecule has 0 radical (unpaired) electrons. The number of benzene rings is 4. The quantitative estimate of drug-likeness (QED) is 0.287. The van der Waals surface area contributed by atoms with E-state index in [-0.39, 0.29) is 0 Å². The molecule has 2 heterocycles. The maximum Gasteiger partial charge on any atom is 0.164 e. The van der Waals surface area contributed by atoms with Crippen LogP contribution in [0.4, 0.5) is 0 Å². The van der Waals surface area contributed by atoms with E-state index >= 15 is 0 Å². The molecule has 0 saturated carbocycles. The minimum Gasteiger partial charge on any atom is -0.228 e. The molecule has 1 aliphatic rings. The predicted molar refractivity (Wildman–Crippen MR) is 131 cm³/mol. The SMILES string of the molecule is Cc1ccc2nc3c4c(nn3-c3ccccc3)-c3ccccc3-c3ccccc3-c4c2c1. The lowest BCUT2D eigenvalue weighted by Gasteiger charge is -2.13. The van der Waals surface area contributed by atoms with E-state index in [4.69, 9.17) is 10.1 Å². The Bertz CT molecular complexity index is 1680. The number of rotatable bonds is 1. The standard InChI is InChI=1S/C29H19N3/c1-18-15-16-25-24(17-18)26-22-13-7-5-11-20(22)21-12-6-8-14-23(21)28-27(26)29(30-25)32(31-28)19-9-3-2-4-10-19/h2-17H,1H3. The summed E-state index contributed by atoms with van der Waals surface area (Å²) in [5.41, 5.74) is 11.2. The van der Waals surface area contributed by atoms with Gasteiger partial charge in [0.1, 0.15) is 5.69 Å². The Morgan fingerprint density at radius 3 is 2.09 bits per heavy atom. The number of pyridine rings is 1. The van der Waals surface area contributed by atoms with Crippen molar-refractivity contribution in [2.75, 3.05) is 0 Å². The highest BCUT2D eigenvalue weighted by molar-refractivity contribution is 6.18. The van der Waals surface area contributed by atoms with Crippen molar-refractivity contribution in [3.8, 4) is 39.2 Å². The van der Waals surface area contributed by atoms with Gasteiger partial charge < -0.3 is 0 Å². The summed E-state index contributed by atoms with van der Waals surface area (Å²) in [4.78, 5) is 5.15. The van der Waals surface area contributed by atoms with E-state index in [1.54, 1.807) is 0 Å². The van der Waals surface area contributed by atoms with Crippen LogP contribution in [0.25, 0.3) is 61.1 Å². The average Bonchev–Trinajstić information content (AvgIpc) is 3.16. The lowest BCUT2D eigenvalue weighted by atomic mass is 9.92. The molecule has 32 heavy (non-hydrogen) atoms. The lowest BCUT2D eigenvalue weighted by Crippen LogP contribution is -1.99. The second-order valence-corrected chi connectivity index (χ2v) is 8.39. The van der Waals surface area contributed by atoms with Crippen molar-refractivity contribution in [3.63, 3.8) is 0 Å². The molecule has 3 heteroatoms. The number of aromatic nitrogens is 3. The van der Waals surface area contributed by atoms with Crippen molar-refractivity contribution in [3.05, 3.63) is 103 Å². The van der Waals surface area contributed by atoms with Gasteiger partial charge in [0.2, 0.25) is 0 Å². The Morgan fingerprint density at radius 1 is 0.656 bits per heavy atom. The summed E-state index contributed by atoms with van der Waals surface area (Å²) < 4.78 is 2.00. The molecule has 0 amide bonds. The van der Waals surface area contributed by atoms with Crippen LogP contribution < -0.4 is 0 Å². The first-order valence-electron chi connectivity index (χ1n) is 10.9. The van der Waals surface area contributed by atoms with Crippen LogP contribution in [0.1, 0.15) is 5.56 Å². The molecule has 1 aliphatic carbocycles. The average molecular weight is 409 g/mol. The molecule has 0 bridgehead atoms. The molecular formula is C29H19N3. The zero-order chi connectivity index (χ0) is 21.2. The summed E-state index contributed by atoms with van der Waals surface area (Å²) in [5.74, 6) is 0. The Kier molecular flexibility index (Phi) is 3.48. The Hall–Kier alpha value is -4.24. The smallest absolute Gasteiger partial charge is 0.164 e. The van der Waals surface area contributed by atoms with Gasteiger partial charge in [-0.1, -0.05) is 78.4 Å². The maximum atomic E-state index is 5.17. The third kappa shape index (κ3) is 2.31. The number of nitrogens with zero attached hydrogens (tertiary/aromatic N) is 3. The molecule has 7 rings (SSSR count). The molecule has 6 aromatic rings. The van der Waals surface area contributed by atoms with Crippen LogP contribution in [0.15, 0.2) is 97.1 Å². The molecule has 0 fully saturated rings. The lowest BCUT2D eigenvalue weighted by molar-refractivity contribution is 0.903. The summed E-state index contributed by atoms with van der Waals surface area (Å²) in [5, 5.41) is 7.46. The van der Waals surface area contributed by atoms with Crippen LogP contribution in [0.2, 0.25) is 0 Å². The largest absolute Gasteiger partial charge is 0.228 e. The highest BCUT2D eigenvalue weighted by Gasteiger charge is 2.27. The fourth-order valence-electron chi connectivity index (χ4n) is 5.02. The Balaban J connectivity index is 1.77. The van der Waals surface area contributed by atoms with Crippen LogP contribution in [-0.2, 0) is 0 Å². The van der Waals surface area contributed by atoms with Crippen LogP contribution in [-0.4, -0.2) is 14.8 Å². The van der Waals surface area contributed by atoms with Crippen molar-refractivity contribution >= 4 is 21.9 Å². The van der Waals surface area contributed by atoms with E-state index in [9.17, 15) is 0 Å². The van der Waals surface area contributed by atoms with E-state index in [1.807, 2.05) is 22.9 Å². The van der Waals surface area contributed by atoms with E-state index in [1.165, 1.54) is 33.2 Å². The number of fused-ring (bicyclic) bond motifs is 7. The van der Waals surface area contributed by atoms with E-state index in [0.717, 1.165) is 33.5 Å². The van der Waals surface area contributed by atoms with Gasteiger partial charge >= 0.3 is 0 Å². The van der Waals surface area contributed by atoms with Gasteiger partial charge in [-0.2, -0.15) is 5.10 Å². The number of hydrogen-bond donors (Lipinski definition) is 0. The fourth-order valence-corrected chi connectivity index (χ4v) is 5.02. The molecule has 0 N–H and O–H groups in total. The highest BCUT2D eigenvalue weighted by Crippen LogP contribution is 2.49. The summed E-state index contributed by atoms with van der Waals surface area (Å²) >= 11 is 0. The van der Waals surface area contributed by atoms with E-state index in [0.29, 0.717) is 0 Å². The van der Waals surface area contributed by atoms with Gasteiger partial charge in [0.15, 0.2) is 5.65 Å².